The first kappa shape index (κ1) is 34.7. The number of nitrogens with one attached hydrogen (secondary N) is 1. The van der Waals surface area contributed by atoms with Crippen molar-refractivity contribution in [3.63, 3.8) is 0 Å². The maximum Gasteiger partial charge on any atom is 0.264 e. The molecule has 0 radical (unpaired) electrons. The molecular formula is C36H40BrN3O5S. The molecule has 8 nitrogen and oxygen atoms in total. The molecule has 0 saturated heterocycles. The van der Waals surface area contributed by atoms with Crippen molar-refractivity contribution in [2.45, 2.75) is 57.1 Å². The number of benzene rings is 4. The van der Waals surface area contributed by atoms with Crippen molar-refractivity contribution in [1.82, 2.24) is 10.2 Å². The second-order valence-electron chi connectivity index (χ2n) is 12.1. The van der Waals surface area contributed by atoms with Crippen molar-refractivity contribution < 1.29 is 22.7 Å². The van der Waals surface area contributed by atoms with E-state index in [2.05, 4.69) is 21.2 Å². The topological polar surface area (TPSA) is 96.0 Å². The Hall–Kier alpha value is -4.15. The Balaban J connectivity index is 1.83. The molecule has 46 heavy (non-hydrogen) atoms. The molecule has 0 aliphatic carbocycles. The van der Waals surface area contributed by atoms with Gasteiger partial charge >= 0.3 is 0 Å². The number of rotatable bonds is 12. The number of ether oxygens (including phenoxy) is 1. The van der Waals surface area contributed by atoms with Crippen LogP contribution in [0.2, 0.25) is 0 Å². The van der Waals surface area contributed by atoms with Crippen molar-refractivity contribution in [1.29, 1.82) is 0 Å². The first-order valence-electron chi connectivity index (χ1n) is 14.9. The number of sulfonamides is 1. The second kappa shape index (κ2) is 15.0. The van der Waals surface area contributed by atoms with Gasteiger partial charge in [0.2, 0.25) is 11.8 Å². The summed E-state index contributed by atoms with van der Waals surface area (Å²) in [6, 6.07) is 29.1. The first-order valence-corrected chi connectivity index (χ1v) is 17.1. The summed E-state index contributed by atoms with van der Waals surface area (Å²) >= 11 is 3.44. The summed E-state index contributed by atoms with van der Waals surface area (Å²) in [6.07, 6.45) is 0.222. The summed E-state index contributed by atoms with van der Waals surface area (Å²) in [5, 5.41) is 3.04. The van der Waals surface area contributed by atoms with E-state index in [4.69, 9.17) is 4.74 Å². The lowest BCUT2D eigenvalue weighted by Crippen LogP contribution is -2.56. The van der Waals surface area contributed by atoms with Gasteiger partial charge in [0.25, 0.3) is 10.0 Å². The van der Waals surface area contributed by atoms with Crippen LogP contribution in [0.1, 0.15) is 37.5 Å². The Morgan fingerprint density at radius 2 is 1.52 bits per heavy atom. The number of methoxy groups -OCH3 is 1. The van der Waals surface area contributed by atoms with Gasteiger partial charge in [0, 0.05) is 23.0 Å². The van der Waals surface area contributed by atoms with Gasteiger partial charge in [-0.2, -0.15) is 0 Å². The SMILES string of the molecule is COc1cccc(CN(C(=O)CN(c2cccc(Br)c2)S(=O)(=O)c2ccc(C)cc2)C(Cc2ccccc2)C(=O)NC(C)(C)C)c1. The molecule has 0 saturated carbocycles. The minimum absolute atomic E-state index is 0.0437. The Morgan fingerprint density at radius 1 is 0.870 bits per heavy atom. The number of hydrogen-bond donors (Lipinski definition) is 1. The monoisotopic (exact) mass is 705 g/mol. The normalized spacial score (nSPS) is 12.2. The highest BCUT2D eigenvalue weighted by Gasteiger charge is 2.35. The number of amides is 2. The van der Waals surface area contributed by atoms with Crippen LogP contribution in [0.3, 0.4) is 0 Å². The van der Waals surface area contributed by atoms with E-state index in [0.29, 0.717) is 15.9 Å². The number of aryl methyl sites for hydroxylation is 1. The highest BCUT2D eigenvalue weighted by Crippen LogP contribution is 2.28. The number of nitrogens with zero attached hydrogens (tertiary/aromatic N) is 2. The van der Waals surface area contributed by atoms with Gasteiger partial charge in [-0.05, 0) is 81.3 Å². The van der Waals surface area contributed by atoms with Crippen LogP contribution >= 0.6 is 15.9 Å². The van der Waals surface area contributed by atoms with Crippen LogP contribution in [0.15, 0.2) is 112 Å². The molecule has 2 amide bonds. The van der Waals surface area contributed by atoms with Crippen molar-refractivity contribution in [3.05, 3.63) is 124 Å². The van der Waals surface area contributed by atoms with Gasteiger partial charge in [0.05, 0.1) is 17.7 Å². The summed E-state index contributed by atoms with van der Waals surface area (Å²) in [5.41, 5.74) is 2.22. The first-order chi connectivity index (χ1) is 21.8. The number of carbonyl (C=O) groups excluding carboxylic acids is 2. The van der Waals surface area contributed by atoms with Crippen LogP contribution in [0, 0.1) is 6.92 Å². The lowest BCUT2D eigenvalue weighted by atomic mass is 10.0. The Labute approximate surface area is 280 Å². The Kier molecular flexibility index (Phi) is 11.3. The maximum atomic E-state index is 14.6. The van der Waals surface area contributed by atoms with Gasteiger partial charge < -0.3 is 15.0 Å². The van der Waals surface area contributed by atoms with Crippen molar-refractivity contribution in [2.24, 2.45) is 0 Å². The molecule has 0 aliphatic heterocycles. The molecule has 10 heteroatoms. The quantitative estimate of drug-likeness (QED) is 0.181. The average Bonchev–Trinajstić information content (AvgIpc) is 3.01. The fourth-order valence-electron chi connectivity index (χ4n) is 4.97. The van der Waals surface area contributed by atoms with E-state index in [-0.39, 0.29) is 23.8 Å². The minimum atomic E-state index is -4.19. The minimum Gasteiger partial charge on any atom is -0.497 e. The fraction of sp³-hybridized carbons (Fsp3) is 0.278. The van der Waals surface area contributed by atoms with Gasteiger partial charge in [-0.15, -0.1) is 0 Å². The third kappa shape index (κ3) is 9.20. The van der Waals surface area contributed by atoms with E-state index >= 15 is 0 Å². The van der Waals surface area contributed by atoms with Crippen LogP contribution in [-0.4, -0.2) is 50.4 Å². The van der Waals surface area contributed by atoms with E-state index in [1.54, 1.807) is 55.6 Å². The van der Waals surface area contributed by atoms with Crippen LogP contribution < -0.4 is 14.4 Å². The molecule has 1 atom stereocenters. The molecule has 4 aromatic rings. The number of halogens is 1. The number of carbonyl (C=O) groups is 2. The van der Waals surface area contributed by atoms with E-state index in [0.717, 1.165) is 21.0 Å². The van der Waals surface area contributed by atoms with Crippen molar-refractivity contribution >= 4 is 43.5 Å². The third-order valence-corrected chi connectivity index (χ3v) is 9.52. The lowest BCUT2D eigenvalue weighted by Gasteiger charge is -2.35. The van der Waals surface area contributed by atoms with Gasteiger partial charge in [-0.25, -0.2) is 8.42 Å². The van der Waals surface area contributed by atoms with Crippen molar-refractivity contribution in [3.8, 4) is 5.75 Å². The van der Waals surface area contributed by atoms with Crippen LogP contribution in [-0.2, 0) is 32.6 Å². The fourth-order valence-corrected chi connectivity index (χ4v) is 6.76. The molecular weight excluding hydrogens is 666 g/mol. The molecule has 0 fully saturated rings. The summed E-state index contributed by atoms with van der Waals surface area (Å²) in [6.45, 7) is 7.01. The zero-order chi connectivity index (χ0) is 33.5. The summed E-state index contributed by atoms with van der Waals surface area (Å²) in [7, 11) is -2.63. The van der Waals surface area contributed by atoms with E-state index in [1.165, 1.54) is 17.0 Å². The largest absolute Gasteiger partial charge is 0.497 e. The van der Waals surface area contributed by atoms with Gasteiger partial charge in [-0.3, -0.25) is 13.9 Å². The van der Waals surface area contributed by atoms with Gasteiger partial charge in [0.15, 0.2) is 0 Å². The lowest BCUT2D eigenvalue weighted by molar-refractivity contribution is -0.140. The molecule has 4 rings (SSSR count). The molecule has 4 aromatic carbocycles. The molecule has 1 unspecified atom stereocenters. The Morgan fingerprint density at radius 3 is 2.15 bits per heavy atom. The summed E-state index contributed by atoms with van der Waals surface area (Å²) in [5.74, 6) is -0.284. The molecule has 1 N–H and O–H groups in total. The van der Waals surface area contributed by atoms with Crippen LogP contribution in [0.4, 0.5) is 5.69 Å². The Bertz CT molecular complexity index is 1760. The predicted octanol–water partition coefficient (Wildman–Crippen LogP) is 6.52. The van der Waals surface area contributed by atoms with Gasteiger partial charge in [0.1, 0.15) is 18.3 Å². The van der Waals surface area contributed by atoms with Gasteiger partial charge in [-0.1, -0.05) is 82.2 Å². The molecule has 0 spiro atoms. The van der Waals surface area contributed by atoms with Crippen LogP contribution in [0.25, 0.3) is 0 Å². The standard InChI is InChI=1S/C36H40BrN3O5S/c1-26-17-19-32(20-18-26)46(43,44)40(30-15-10-14-29(37)23-30)25-34(41)39(24-28-13-9-16-31(21-28)45-5)33(35(42)38-36(2,3)4)22-27-11-7-6-8-12-27/h6-21,23,33H,22,24-25H2,1-5H3,(H,38,42). The smallest absolute Gasteiger partial charge is 0.264 e. The maximum absolute atomic E-state index is 14.6. The summed E-state index contributed by atoms with van der Waals surface area (Å²) in [4.78, 5) is 30.1. The van der Waals surface area contributed by atoms with Crippen LogP contribution in [0.5, 0.6) is 5.75 Å². The van der Waals surface area contributed by atoms with E-state index in [1.807, 2.05) is 70.2 Å². The molecule has 0 heterocycles. The average molecular weight is 707 g/mol. The number of hydrogen-bond acceptors (Lipinski definition) is 5. The zero-order valence-corrected chi connectivity index (χ0v) is 29.1. The molecule has 242 valence electrons. The summed E-state index contributed by atoms with van der Waals surface area (Å²) < 4.78 is 35.5. The van der Waals surface area contributed by atoms with E-state index in [9.17, 15) is 18.0 Å². The molecule has 0 aliphatic rings. The predicted molar refractivity (Wildman–Crippen MR) is 185 cm³/mol. The van der Waals surface area contributed by atoms with Crippen molar-refractivity contribution in [2.75, 3.05) is 18.0 Å². The highest BCUT2D eigenvalue weighted by atomic mass is 79.9. The van der Waals surface area contributed by atoms with E-state index < -0.39 is 34.1 Å². The molecule has 0 bridgehead atoms. The second-order valence-corrected chi connectivity index (χ2v) is 14.9. The highest BCUT2D eigenvalue weighted by molar-refractivity contribution is 9.10. The number of anilines is 1. The zero-order valence-electron chi connectivity index (χ0n) is 26.7. The third-order valence-electron chi connectivity index (χ3n) is 7.24. The molecule has 0 aromatic heterocycles.